The van der Waals surface area contributed by atoms with Gasteiger partial charge in [-0.1, -0.05) is 0 Å². The Kier molecular flexibility index (Phi) is 1.25. The highest BCUT2D eigenvalue weighted by Gasteiger charge is 2.16. The van der Waals surface area contributed by atoms with E-state index in [1.165, 1.54) is 12.5 Å². The van der Waals surface area contributed by atoms with Crippen molar-refractivity contribution in [3.63, 3.8) is 0 Å². The summed E-state index contributed by atoms with van der Waals surface area (Å²) >= 11 is 0. The van der Waals surface area contributed by atoms with Crippen LogP contribution in [0.25, 0.3) is 0 Å². The van der Waals surface area contributed by atoms with Crippen molar-refractivity contribution in [2.45, 2.75) is 6.42 Å². The summed E-state index contributed by atoms with van der Waals surface area (Å²) in [5.74, 6) is 0.635. The third kappa shape index (κ3) is 0.920. The van der Waals surface area contributed by atoms with E-state index in [4.69, 9.17) is 0 Å². The van der Waals surface area contributed by atoms with E-state index in [2.05, 4.69) is 15.0 Å². The van der Waals surface area contributed by atoms with Crippen LogP contribution in [0.15, 0.2) is 26.8 Å². The molecule has 0 aromatic heterocycles. The summed E-state index contributed by atoms with van der Waals surface area (Å²) in [6.07, 6.45) is 4.34. The summed E-state index contributed by atoms with van der Waals surface area (Å²) in [5, 5.41) is 0. The molecule has 0 saturated carbocycles. The molecule has 0 bridgehead atoms. The summed E-state index contributed by atoms with van der Waals surface area (Å²) in [6, 6.07) is 0. The number of aldehydes is 1. The normalized spacial score (nSPS) is 20.2. The van der Waals surface area contributed by atoms with Crippen LogP contribution in [0.3, 0.4) is 0 Å². The number of amidine groups is 1. The minimum atomic E-state index is 0.558. The zero-order chi connectivity index (χ0) is 7.68. The Morgan fingerprint density at radius 2 is 2.36 bits per heavy atom. The molecule has 0 saturated heterocycles. The maximum atomic E-state index is 10.3. The number of hydrogen-bond donors (Lipinski definition) is 0. The molecule has 0 N–H and O–H groups in total. The smallest absolute Gasteiger partial charge is 0.175 e. The summed E-state index contributed by atoms with van der Waals surface area (Å²) < 4.78 is 0. The fourth-order valence-corrected chi connectivity index (χ4v) is 0.973. The lowest BCUT2D eigenvalue weighted by Crippen LogP contribution is -2.12. The van der Waals surface area contributed by atoms with Gasteiger partial charge in [0.15, 0.2) is 5.84 Å². The van der Waals surface area contributed by atoms with Crippen LogP contribution in [-0.4, -0.2) is 24.2 Å². The molecule has 0 atom stereocenters. The highest BCUT2D eigenvalue weighted by Crippen LogP contribution is 2.11. The molecular weight excluding hydrogens is 142 g/mol. The number of allylic oxidation sites excluding steroid dienone is 1. The second-order valence-corrected chi connectivity index (χ2v) is 2.27. The third-order valence-corrected chi connectivity index (χ3v) is 1.53. The first-order valence-corrected chi connectivity index (χ1v) is 3.22. The van der Waals surface area contributed by atoms with E-state index in [9.17, 15) is 4.79 Å². The molecule has 0 unspecified atom stereocenters. The average Bonchev–Trinajstić information content (AvgIpc) is 2.50. The van der Waals surface area contributed by atoms with Crippen LogP contribution in [0.5, 0.6) is 0 Å². The van der Waals surface area contributed by atoms with Crippen LogP contribution < -0.4 is 0 Å². The number of nitrogens with zero attached hydrogens (tertiary/aromatic N) is 3. The van der Waals surface area contributed by atoms with Crippen LogP contribution in [0.4, 0.5) is 0 Å². The van der Waals surface area contributed by atoms with Gasteiger partial charge < -0.3 is 0 Å². The summed E-state index contributed by atoms with van der Waals surface area (Å²) in [6.45, 7) is 0. The van der Waals surface area contributed by atoms with E-state index < -0.39 is 0 Å². The van der Waals surface area contributed by atoms with E-state index in [0.29, 0.717) is 17.8 Å². The Morgan fingerprint density at radius 3 is 3.18 bits per heavy atom. The van der Waals surface area contributed by atoms with Crippen LogP contribution in [0, 0.1) is 0 Å². The van der Waals surface area contributed by atoms with Crippen LogP contribution in [0.1, 0.15) is 6.42 Å². The summed E-state index contributed by atoms with van der Waals surface area (Å²) in [4.78, 5) is 22.1. The lowest BCUT2D eigenvalue weighted by molar-refractivity contribution is -0.104. The Bertz CT molecular complexity index is 323. The van der Waals surface area contributed by atoms with Crippen molar-refractivity contribution in [3.8, 4) is 0 Å². The maximum absolute atomic E-state index is 10.3. The van der Waals surface area contributed by atoms with Crippen molar-refractivity contribution in [2.24, 2.45) is 15.0 Å². The Hall–Kier alpha value is -1.58. The molecule has 0 aromatic carbocycles. The highest BCUT2D eigenvalue weighted by molar-refractivity contribution is 6.47. The second-order valence-electron chi connectivity index (χ2n) is 2.27. The van der Waals surface area contributed by atoms with Crippen molar-refractivity contribution in [2.75, 3.05) is 0 Å². The van der Waals surface area contributed by atoms with Crippen molar-refractivity contribution in [1.29, 1.82) is 0 Å². The SMILES string of the molecule is O=CC1=CN=C2N=CN=C2C1. The fraction of sp³-hybridized carbons (Fsp3) is 0.143. The molecule has 2 heterocycles. The van der Waals surface area contributed by atoms with E-state index >= 15 is 0 Å². The van der Waals surface area contributed by atoms with Crippen molar-refractivity contribution >= 4 is 24.2 Å². The van der Waals surface area contributed by atoms with E-state index in [1.54, 1.807) is 0 Å². The molecular formula is C7H5N3O. The van der Waals surface area contributed by atoms with Gasteiger partial charge in [-0.2, -0.15) is 0 Å². The molecule has 4 heteroatoms. The number of fused-ring (bicyclic) bond motifs is 1. The van der Waals surface area contributed by atoms with Gasteiger partial charge in [-0.3, -0.25) is 4.79 Å². The second kappa shape index (κ2) is 2.23. The highest BCUT2D eigenvalue weighted by atomic mass is 16.1. The molecule has 2 aliphatic rings. The number of carbonyl (C=O) groups is 1. The number of aliphatic imine (C=N–C) groups is 3. The van der Waals surface area contributed by atoms with Gasteiger partial charge in [-0.05, 0) is 0 Å². The van der Waals surface area contributed by atoms with Gasteiger partial charge in [0.25, 0.3) is 0 Å². The van der Waals surface area contributed by atoms with E-state index in [1.807, 2.05) is 0 Å². The van der Waals surface area contributed by atoms with Crippen molar-refractivity contribution in [1.82, 2.24) is 0 Å². The molecule has 2 aliphatic heterocycles. The molecule has 2 rings (SSSR count). The first kappa shape index (κ1) is 6.15. The maximum Gasteiger partial charge on any atom is 0.175 e. The van der Waals surface area contributed by atoms with E-state index in [-0.39, 0.29) is 0 Å². The first-order valence-electron chi connectivity index (χ1n) is 3.22. The quantitative estimate of drug-likeness (QED) is 0.494. The van der Waals surface area contributed by atoms with Gasteiger partial charge >= 0.3 is 0 Å². The van der Waals surface area contributed by atoms with Gasteiger partial charge in [-0.25, -0.2) is 15.0 Å². The van der Waals surface area contributed by atoms with Gasteiger partial charge in [0.05, 0.1) is 5.71 Å². The molecule has 0 aliphatic carbocycles. The average molecular weight is 147 g/mol. The Morgan fingerprint density at radius 1 is 1.45 bits per heavy atom. The molecule has 0 spiro atoms. The standard InChI is InChI=1S/C7H5N3O/c11-3-5-1-6-7(8-2-5)10-4-9-6/h2-4H,1H2. The molecule has 4 nitrogen and oxygen atoms in total. The topological polar surface area (TPSA) is 54.1 Å². The molecule has 11 heavy (non-hydrogen) atoms. The zero-order valence-corrected chi connectivity index (χ0v) is 5.69. The number of carbonyl (C=O) groups excluding carboxylic acids is 1. The molecule has 0 aromatic rings. The van der Waals surface area contributed by atoms with Crippen LogP contribution in [-0.2, 0) is 4.79 Å². The lowest BCUT2D eigenvalue weighted by Gasteiger charge is -2.03. The zero-order valence-electron chi connectivity index (χ0n) is 5.69. The summed E-state index contributed by atoms with van der Waals surface area (Å²) in [5.41, 5.74) is 1.44. The monoisotopic (exact) mass is 147 g/mol. The predicted molar refractivity (Wildman–Crippen MR) is 42.1 cm³/mol. The molecule has 0 fully saturated rings. The van der Waals surface area contributed by atoms with E-state index in [0.717, 1.165) is 12.0 Å². The molecule has 0 amide bonds. The third-order valence-electron chi connectivity index (χ3n) is 1.53. The lowest BCUT2D eigenvalue weighted by atomic mass is 10.1. The Labute approximate surface area is 63.1 Å². The summed E-state index contributed by atoms with van der Waals surface area (Å²) in [7, 11) is 0. The fourth-order valence-electron chi connectivity index (χ4n) is 0.973. The van der Waals surface area contributed by atoms with Gasteiger partial charge in [0.2, 0.25) is 0 Å². The van der Waals surface area contributed by atoms with Gasteiger partial charge in [0.1, 0.15) is 12.6 Å². The van der Waals surface area contributed by atoms with Crippen molar-refractivity contribution in [3.05, 3.63) is 11.8 Å². The predicted octanol–water partition coefficient (Wildman–Crippen LogP) is 0.354. The van der Waals surface area contributed by atoms with Crippen molar-refractivity contribution < 1.29 is 4.79 Å². The Balaban J connectivity index is 2.37. The molecule has 0 radical (unpaired) electrons. The first-order chi connectivity index (χ1) is 5.40. The van der Waals surface area contributed by atoms with Gasteiger partial charge in [-0.15, -0.1) is 0 Å². The molecule has 54 valence electrons. The minimum absolute atomic E-state index is 0.558. The number of hydrogen-bond acceptors (Lipinski definition) is 4. The largest absolute Gasteiger partial charge is 0.298 e. The van der Waals surface area contributed by atoms with Crippen LogP contribution >= 0.6 is 0 Å². The van der Waals surface area contributed by atoms with Gasteiger partial charge in [0, 0.05) is 18.2 Å². The minimum Gasteiger partial charge on any atom is -0.298 e. The van der Waals surface area contributed by atoms with Crippen LogP contribution in [0.2, 0.25) is 0 Å². The number of rotatable bonds is 1.